The molecule has 4 heteroatoms. The van der Waals surface area contributed by atoms with Crippen molar-refractivity contribution < 1.29 is 5.02 Å². The van der Waals surface area contributed by atoms with Gasteiger partial charge in [0.2, 0.25) is 0 Å². The third-order valence-electron chi connectivity index (χ3n) is 1.76. The minimum absolute atomic E-state index is 0.485. The summed E-state index contributed by atoms with van der Waals surface area (Å²) in [5, 5.41) is 11.9. The number of hydrogen-bond acceptors (Lipinski definition) is 3. The monoisotopic (exact) mass is 178 g/mol. The van der Waals surface area contributed by atoms with Crippen LogP contribution in [0.15, 0.2) is 18.2 Å². The van der Waals surface area contributed by atoms with Gasteiger partial charge in [-0.15, -0.1) is 0 Å². The third-order valence-corrected chi connectivity index (χ3v) is 1.76. The lowest BCUT2D eigenvalue weighted by molar-refractivity contribution is 0.554. The Bertz CT molecular complexity index is 269. The smallest absolute Gasteiger partial charge is 0.373 e. The summed E-state index contributed by atoms with van der Waals surface area (Å²) in [7, 11) is -0.485. The first-order valence-electron chi connectivity index (χ1n) is 4.35. The average Bonchev–Trinajstić information content (AvgIpc) is 1.99. The Morgan fingerprint density at radius 2 is 2.15 bits per heavy atom. The van der Waals surface area contributed by atoms with Crippen molar-refractivity contribution in [1.29, 1.82) is 0 Å². The summed E-state index contributed by atoms with van der Waals surface area (Å²) in [6.07, 6.45) is 0. The van der Waals surface area contributed by atoms with E-state index < -0.39 is 7.05 Å². The summed E-state index contributed by atoms with van der Waals surface area (Å²) < 4.78 is 0. The van der Waals surface area contributed by atoms with Crippen LogP contribution in [0.25, 0.3) is 0 Å². The molecule has 0 amide bonds. The van der Waals surface area contributed by atoms with Crippen molar-refractivity contribution in [3.05, 3.63) is 29.3 Å². The Morgan fingerprint density at radius 1 is 1.46 bits per heavy atom. The Labute approximate surface area is 79.1 Å². The maximum atomic E-state index is 9.01. The van der Waals surface area contributed by atoms with Crippen molar-refractivity contribution in [2.75, 3.05) is 5.73 Å². The summed E-state index contributed by atoms with van der Waals surface area (Å²) >= 11 is 0. The molecule has 1 rings (SSSR count). The van der Waals surface area contributed by atoms with Gasteiger partial charge in [-0.1, -0.05) is 6.07 Å². The van der Waals surface area contributed by atoms with Crippen molar-refractivity contribution in [1.82, 2.24) is 5.23 Å². The van der Waals surface area contributed by atoms with Crippen LogP contribution >= 0.6 is 0 Å². The number of rotatable bonds is 3. The van der Waals surface area contributed by atoms with Gasteiger partial charge in [0.25, 0.3) is 0 Å². The van der Waals surface area contributed by atoms with Gasteiger partial charge in [0, 0.05) is 12.2 Å². The normalized spacial score (nSPS) is 10.1. The SMILES string of the molecule is CB(O)NCc1cc(C)cc(N)c1. The van der Waals surface area contributed by atoms with Gasteiger partial charge >= 0.3 is 7.05 Å². The van der Waals surface area contributed by atoms with Crippen LogP contribution in [-0.4, -0.2) is 12.1 Å². The molecule has 13 heavy (non-hydrogen) atoms. The van der Waals surface area contributed by atoms with Crippen LogP contribution in [0.2, 0.25) is 6.82 Å². The predicted octanol–water partition coefficient (Wildman–Crippen LogP) is 0.777. The minimum atomic E-state index is -0.485. The highest BCUT2D eigenvalue weighted by molar-refractivity contribution is 6.45. The first-order chi connectivity index (χ1) is 6.08. The largest absolute Gasteiger partial charge is 0.437 e. The molecule has 1 aromatic rings. The van der Waals surface area contributed by atoms with E-state index in [2.05, 4.69) is 5.23 Å². The maximum absolute atomic E-state index is 9.01. The lowest BCUT2D eigenvalue weighted by Crippen LogP contribution is -2.29. The molecule has 0 unspecified atom stereocenters. The molecule has 1 aromatic carbocycles. The Hall–Kier alpha value is -0.995. The molecule has 4 N–H and O–H groups in total. The van der Waals surface area contributed by atoms with Gasteiger partial charge in [0.1, 0.15) is 0 Å². The molecule has 0 saturated carbocycles. The topological polar surface area (TPSA) is 58.3 Å². The fourth-order valence-corrected chi connectivity index (χ4v) is 1.26. The van der Waals surface area contributed by atoms with E-state index in [9.17, 15) is 0 Å². The molecule has 0 radical (unpaired) electrons. The Kier molecular flexibility index (Phi) is 3.34. The highest BCUT2D eigenvalue weighted by atomic mass is 16.2. The van der Waals surface area contributed by atoms with Crippen molar-refractivity contribution in [2.24, 2.45) is 0 Å². The van der Waals surface area contributed by atoms with Crippen molar-refractivity contribution in [3.63, 3.8) is 0 Å². The van der Waals surface area contributed by atoms with Gasteiger partial charge in [-0.05, 0) is 37.0 Å². The first kappa shape index (κ1) is 10.1. The number of hydrogen-bond donors (Lipinski definition) is 3. The summed E-state index contributed by atoms with van der Waals surface area (Å²) in [6.45, 7) is 4.34. The van der Waals surface area contributed by atoms with Crippen LogP contribution in [-0.2, 0) is 6.54 Å². The molecule has 0 atom stereocenters. The second-order valence-electron chi connectivity index (χ2n) is 3.31. The summed E-state index contributed by atoms with van der Waals surface area (Å²) in [6, 6.07) is 5.87. The van der Waals surface area contributed by atoms with E-state index in [-0.39, 0.29) is 0 Å². The highest BCUT2D eigenvalue weighted by Crippen LogP contribution is 2.10. The summed E-state index contributed by atoms with van der Waals surface area (Å²) in [5.74, 6) is 0. The summed E-state index contributed by atoms with van der Waals surface area (Å²) in [4.78, 5) is 0. The predicted molar refractivity (Wildman–Crippen MR) is 56.3 cm³/mol. The molecule has 3 nitrogen and oxygen atoms in total. The molecule has 0 saturated heterocycles. The van der Waals surface area contributed by atoms with E-state index in [0.29, 0.717) is 6.54 Å². The molecule has 0 spiro atoms. The van der Waals surface area contributed by atoms with E-state index in [1.54, 1.807) is 6.82 Å². The molecule has 0 bridgehead atoms. The zero-order chi connectivity index (χ0) is 9.84. The van der Waals surface area contributed by atoms with Gasteiger partial charge < -0.3 is 16.0 Å². The Morgan fingerprint density at radius 3 is 2.69 bits per heavy atom. The third kappa shape index (κ3) is 3.48. The van der Waals surface area contributed by atoms with E-state index in [4.69, 9.17) is 10.8 Å². The molecular weight excluding hydrogens is 163 g/mol. The molecule has 0 aliphatic heterocycles. The van der Waals surface area contributed by atoms with Gasteiger partial charge in [0.15, 0.2) is 0 Å². The zero-order valence-corrected chi connectivity index (χ0v) is 8.04. The molecule has 0 aliphatic carbocycles. The Balaban J connectivity index is 2.66. The van der Waals surface area contributed by atoms with Crippen LogP contribution in [0.4, 0.5) is 5.69 Å². The number of nitrogens with one attached hydrogen (secondary N) is 1. The second-order valence-corrected chi connectivity index (χ2v) is 3.31. The number of anilines is 1. The molecule has 0 aromatic heterocycles. The van der Waals surface area contributed by atoms with E-state index in [1.807, 2.05) is 25.1 Å². The van der Waals surface area contributed by atoms with Crippen LogP contribution in [0, 0.1) is 6.92 Å². The van der Waals surface area contributed by atoms with Crippen molar-refractivity contribution in [2.45, 2.75) is 20.3 Å². The molecule has 0 aliphatic rings. The number of nitrogens with two attached hydrogens (primary N) is 1. The minimum Gasteiger partial charge on any atom is -0.437 e. The summed E-state index contributed by atoms with van der Waals surface area (Å²) in [5.41, 5.74) is 8.68. The quantitative estimate of drug-likeness (QED) is 0.473. The lowest BCUT2D eigenvalue weighted by atomic mass is 9.88. The van der Waals surface area contributed by atoms with E-state index >= 15 is 0 Å². The fourth-order valence-electron chi connectivity index (χ4n) is 1.26. The molecule has 70 valence electrons. The van der Waals surface area contributed by atoms with E-state index in [0.717, 1.165) is 16.8 Å². The van der Waals surface area contributed by atoms with Crippen LogP contribution in [0.3, 0.4) is 0 Å². The zero-order valence-electron chi connectivity index (χ0n) is 8.04. The second kappa shape index (κ2) is 4.30. The molecule has 0 fully saturated rings. The number of nitrogen functional groups attached to an aromatic ring is 1. The van der Waals surface area contributed by atoms with Crippen molar-refractivity contribution in [3.8, 4) is 0 Å². The van der Waals surface area contributed by atoms with Crippen LogP contribution in [0.1, 0.15) is 11.1 Å². The number of aryl methyl sites for hydroxylation is 1. The highest BCUT2D eigenvalue weighted by Gasteiger charge is 2.01. The van der Waals surface area contributed by atoms with Gasteiger partial charge in [-0.2, -0.15) is 0 Å². The fraction of sp³-hybridized carbons (Fsp3) is 0.333. The van der Waals surface area contributed by atoms with Gasteiger partial charge in [0.05, 0.1) is 0 Å². The standard InChI is InChI=1S/C9H15BN2O/c1-7-3-8(5-9(11)4-7)6-12-10(2)13/h3-5,12-13H,6,11H2,1-2H3. The first-order valence-corrected chi connectivity index (χ1v) is 4.35. The van der Waals surface area contributed by atoms with Crippen LogP contribution < -0.4 is 11.0 Å². The van der Waals surface area contributed by atoms with Crippen molar-refractivity contribution >= 4 is 12.7 Å². The molecular formula is C9H15BN2O. The lowest BCUT2D eigenvalue weighted by Gasteiger charge is -2.06. The van der Waals surface area contributed by atoms with E-state index in [1.165, 1.54) is 0 Å². The van der Waals surface area contributed by atoms with Gasteiger partial charge in [-0.3, -0.25) is 0 Å². The molecule has 0 heterocycles. The average molecular weight is 178 g/mol. The maximum Gasteiger partial charge on any atom is 0.373 e. The number of benzene rings is 1. The van der Waals surface area contributed by atoms with Crippen LogP contribution in [0.5, 0.6) is 0 Å². The van der Waals surface area contributed by atoms with Gasteiger partial charge in [-0.25, -0.2) is 0 Å².